The standard InChI is InChI=1S/C10H12O2/c1-2-3-8-4-6-9(7-5-8)10(11)12/h4,9H,5-7H2,1H3,(H,11,12). The molecule has 1 rings (SSSR count). The minimum absolute atomic E-state index is 0.188. The zero-order valence-corrected chi connectivity index (χ0v) is 7.13. The van der Waals surface area contributed by atoms with Crippen LogP contribution in [0, 0.1) is 17.8 Å². The Morgan fingerprint density at radius 3 is 2.92 bits per heavy atom. The first-order valence-electron chi connectivity index (χ1n) is 4.08. The molecule has 0 bridgehead atoms. The number of allylic oxidation sites excluding steroid dienone is 2. The number of carbonyl (C=O) groups is 1. The van der Waals surface area contributed by atoms with Gasteiger partial charge in [-0.15, -0.1) is 5.92 Å². The highest BCUT2D eigenvalue weighted by Gasteiger charge is 2.19. The van der Waals surface area contributed by atoms with Crippen LogP contribution in [0.4, 0.5) is 0 Å². The number of carboxylic acid groups (broad SMARTS) is 1. The van der Waals surface area contributed by atoms with Gasteiger partial charge in [-0.1, -0.05) is 12.0 Å². The van der Waals surface area contributed by atoms with Gasteiger partial charge in [0.2, 0.25) is 0 Å². The van der Waals surface area contributed by atoms with Gasteiger partial charge in [0.1, 0.15) is 0 Å². The summed E-state index contributed by atoms with van der Waals surface area (Å²) in [5.41, 5.74) is 1.09. The third-order valence-electron chi connectivity index (χ3n) is 2.05. The molecule has 0 saturated heterocycles. The molecule has 2 heteroatoms. The molecule has 1 aliphatic carbocycles. The molecule has 1 unspecified atom stereocenters. The van der Waals surface area contributed by atoms with Gasteiger partial charge in [0.05, 0.1) is 5.92 Å². The summed E-state index contributed by atoms with van der Waals surface area (Å²) in [5, 5.41) is 8.69. The summed E-state index contributed by atoms with van der Waals surface area (Å²) in [5.74, 6) is 4.90. The second-order valence-corrected chi connectivity index (χ2v) is 2.91. The van der Waals surface area contributed by atoms with Crippen LogP contribution in [0.2, 0.25) is 0 Å². The maximum Gasteiger partial charge on any atom is 0.306 e. The molecule has 1 aliphatic rings. The van der Waals surface area contributed by atoms with E-state index in [1.165, 1.54) is 0 Å². The third-order valence-corrected chi connectivity index (χ3v) is 2.05. The van der Waals surface area contributed by atoms with Crippen molar-refractivity contribution in [2.45, 2.75) is 26.2 Å². The van der Waals surface area contributed by atoms with Crippen LogP contribution in [-0.2, 0) is 4.79 Å². The highest BCUT2D eigenvalue weighted by atomic mass is 16.4. The molecule has 0 aliphatic heterocycles. The summed E-state index contributed by atoms with van der Waals surface area (Å²) in [6.07, 6.45) is 4.13. The van der Waals surface area contributed by atoms with Gasteiger partial charge in [0, 0.05) is 0 Å². The highest BCUT2D eigenvalue weighted by Crippen LogP contribution is 2.22. The minimum Gasteiger partial charge on any atom is -0.481 e. The Morgan fingerprint density at radius 2 is 2.50 bits per heavy atom. The normalized spacial score (nSPS) is 22.1. The van der Waals surface area contributed by atoms with Crippen LogP contribution >= 0.6 is 0 Å². The second kappa shape index (κ2) is 3.96. The van der Waals surface area contributed by atoms with Crippen molar-refractivity contribution in [3.8, 4) is 11.8 Å². The van der Waals surface area contributed by atoms with E-state index in [9.17, 15) is 4.79 Å². The summed E-state index contributed by atoms with van der Waals surface area (Å²) in [6, 6.07) is 0. The van der Waals surface area contributed by atoms with E-state index in [2.05, 4.69) is 11.8 Å². The average molecular weight is 164 g/mol. The maximum absolute atomic E-state index is 10.6. The van der Waals surface area contributed by atoms with Gasteiger partial charge in [-0.25, -0.2) is 0 Å². The van der Waals surface area contributed by atoms with Crippen molar-refractivity contribution < 1.29 is 9.90 Å². The molecule has 0 amide bonds. The van der Waals surface area contributed by atoms with Crippen molar-refractivity contribution in [2.75, 3.05) is 0 Å². The van der Waals surface area contributed by atoms with Gasteiger partial charge in [-0.3, -0.25) is 4.79 Å². The van der Waals surface area contributed by atoms with E-state index in [0.717, 1.165) is 18.4 Å². The van der Waals surface area contributed by atoms with E-state index in [1.54, 1.807) is 6.92 Å². The lowest BCUT2D eigenvalue weighted by Gasteiger charge is -2.14. The van der Waals surface area contributed by atoms with Crippen molar-refractivity contribution >= 4 is 5.97 Å². The predicted octanol–water partition coefficient (Wildman–Crippen LogP) is 1.82. The van der Waals surface area contributed by atoms with E-state index in [0.29, 0.717) is 6.42 Å². The fourth-order valence-corrected chi connectivity index (χ4v) is 1.33. The average Bonchev–Trinajstić information content (AvgIpc) is 2.06. The van der Waals surface area contributed by atoms with Crippen molar-refractivity contribution in [2.24, 2.45) is 5.92 Å². The fourth-order valence-electron chi connectivity index (χ4n) is 1.33. The van der Waals surface area contributed by atoms with Crippen molar-refractivity contribution in [1.82, 2.24) is 0 Å². The molecule has 0 spiro atoms. The Bertz CT molecular complexity index is 265. The van der Waals surface area contributed by atoms with E-state index < -0.39 is 5.97 Å². The molecule has 0 fully saturated rings. The van der Waals surface area contributed by atoms with Crippen LogP contribution in [0.1, 0.15) is 26.2 Å². The SMILES string of the molecule is CC#CC1=CCC(C(=O)O)CC1. The monoisotopic (exact) mass is 164 g/mol. The first kappa shape index (κ1) is 8.86. The van der Waals surface area contributed by atoms with Crippen LogP contribution in [-0.4, -0.2) is 11.1 Å². The van der Waals surface area contributed by atoms with Gasteiger partial charge >= 0.3 is 5.97 Å². The Balaban J connectivity index is 2.57. The van der Waals surface area contributed by atoms with Crippen LogP contribution in [0.3, 0.4) is 0 Å². The quantitative estimate of drug-likeness (QED) is 0.600. The summed E-state index contributed by atoms with van der Waals surface area (Å²) in [6.45, 7) is 1.80. The van der Waals surface area contributed by atoms with Gasteiger partial charge in [-0.05, 0) is 31.8 Å². The van der Waals surface area contributed by atoms with Crippen LogP contribution in [0.25, 0.3) is 0 Å². The molecule has 12 heavy (non-hydrogen) atoms. The lowest BCUT2D eigenvalue weighted by molar-refractivity contribution is -0.141. The predicted molar refractivity (Wildman–Crippen MR) is 46.5 cm³/mol. The molecule has 2 nitrogen and oxygen atoms in total. The maximum atomic E-state index is 10.6. The molecule has 1 N–H and O–H groups in total. The van der Waals surface area contributed by atoms with E-state index in [1.807, 2.05) is 6.08 Å². The Kier molecular flexibility index (Phi) is 2.93. The summed E-state index contributed by atoms with van der Waals surface area (Å²) in [7, 11) is 0. The van der Waals surface area contributed by atoms with Crippen LogP contribution in [0.5, 0.6) is 0 Å². The first-order chi connectivity index (χ1) is 5.74. The minimum atomic E-state index is -0.685. The second-order valence-electron chi connectivity index (χ2n) is 2.91. The topological polar surface area (TPSA) is 37.3 Å². The third kappa shape index (κ3) is 2.13. The summed E-state index contributed by atoms with van der Waals surface area (Å²) >= 11 is 0. The molecule has 0 aromatic carbocycles. The fraction of sp³-hybridized carbons (Fsp3) is 0.500. The van der Waals surface area contributed by atoms with Crippen molar-refractivity contribution in [1.29, 1.82) is 0 Å². The number of hydrogen-bond acceptors (Lipinski definition) is 1. The molecule has 0 heterocycles. The smallest absolute Gasteiger partial charge is 0.306 e. The number of rotatable bonds is 1. The van der Waals surface area contributed by atoms with Gasteiger partial charge in [0.15, 0.2) is 0 Å². The molecule has 1 atom stereocenters. The summed E-state index contributed by atoms with van der Waals surface area (Å²) < 4.78 is 0. The molecular formula is C10H12O2. The zero-order chi connectivity index (χ0) is 8.97. The molecule has 64 valence electrons. The van der Waals surface area contributed by atoms with Crippen LogP contribution < -0.4 is 0 Å². The van der Waals surface area contributed by atoms with Gasteiger partial charge < -0.3 is 5.11 Å². The van der Waals surface area contributed by atoms with Gasteiger partial charge in [0.25, 0.3) is 0 Å². The first-order valence-corrected chi connectivity index (χ1v) is 4.08. The molecule has 0 aromatic heterocycles. The van der Waals surface area contributed by atoms with Crippen LogP contribution in [0.15, 0.2) is 11.6 Å². The summed E-state index contributed by atoms with van der Waals surface area (Å²) in [4.78, 5) is 10.6. The molecular weight excluding hydrogens is 152 g/mol. The van der Waals surface area contributed by atoms with E-state index in [-0.39, 0.29) is 5.92 Å². The Hall–Kier alpha value is -1.23. The molecule has 0 aromatic rings. The number of hydrogen-bond donors (Lipinski definition) is 1. The van der Waals surface area contributed by atoms with E-state index in [4.69, 9.17) is 5.11 Å². The van der Waals surface area contributed by atoms with Crippen molar-refractivity contribution in [3.05, 3.63) is 11.6 Å². The zero-order valence-electron chi connectivity index (χ0n) is 7.13. The number of aliphatic carboxylic acids is 1. The largest absolute Gasteiger partial charge is 0.481 e. The molecule has 0 saturated carbocycles. The lowest BCUT2D eigenvalue weighted by atomic mass is 9.90. The Morgan fingerprint density at radius 1 is 1.75 bits per heavy atom. The lowest BCUT2D eigenvalue weighted by Crippen LogP contribution is -2.15. The van der Waals surface area contributed by atoms with E-state index >= 15 is 0 Å². The molecule has 0 radical (unpaired) electrons. The Labute approximate surface area is 72.3 Å². The highest BCUT2D eigenvalue weighted by molar-refractivity contribution is 5.70. The van der Waals surface area contributed by atoms with Gasteiger partial charge in [-0.2, -0.15) is 0 Å². The number of carboxylic acids is 1. The van der Waals surface area contributed by atoms with Crippen molar-refractivity contribution in [3.63, 3.8) is 0 Å².